The Kier molecular flexibility index (Phi) is 4.04. The Labute approximate surface area is 114 Å². The topological polar surface area (TPSA) is 48.4 Å². The first-order valence-electron chi connectivity index (χ1n) is 6.00. The van der Waals surface area contributed by atoms with Crippen LogP contribution in [0, 0.1) is 6.92 Å². The van der Waals surface area contributed by atoms with Gasteiger partial charge in [0, 0.05) is 6.54 Å². The molecule has 2 N–H and O–H groups in total. The van der Waals surface area contributed by atoms with E-state index in [-0.39, 0.29) is 12.3 Å². The molecule has 1 aromatic carbocycles. The van der Waals surface area contributed by atoms with Crippen molar-refractivity contribution >= 4 is 0 Å². The predicted octanol–water partition coefficient (Wildman–Crippen LogP) is 3.69. The third-order valence-corrected chi connectivity index (χ3v) is 2.73. The van der Waals surface area contributed by atoms with Gasteiger partial charge in [-0.25, -0.2) is 0 Å². The third kappa shape index (κ3) is 3.33. The minimum Gasteiger partial charge on any atom is -0.481 e. The summed E-state index contributed by atoms with van der Waals surface area (Å²) in [6.45, 7) is 1.87. The number of aryl methyl sites for hydroxylation is 1. The molecule has 1 atom stereocenters. The zero-order valence-corrected chi connectivity index (χ0v) is 10.8. The van der Waals surface area contributed by atoms with Gasteiger partial charge in [0.25, 0.3) is 0 Å². The molecule has 108 valence electrons. The molecule has 20 heavy (non-hydrogen) atoms. The van der Waals surface area contributed by atoms with Gasteiger partial charge in [-0.2, -0.15) is 13.2 Å². The zero-order chi connectivity index (χ0) is 14.8. The molecule has 0 aliphatic heterocycles. The fourth-order valence-electron chi connectivity index (χ4n) is 1.76. The van der Waals surface area contributed by atoms with Gasteiger partial charge in [-0.05, 0) is 37.3 Å². The van der Waals surface area contributed by atoms with Crippen LogP contribution in [0.25, 0.3) is 0 Å². The molecule has 0 saturated carbocycles. The highest BCUT2D eigenvalue weighted by Gasteiger charge is 2.30. The first kappa shape index (κ1) is 14.5. The van der Waals surface area contributed by atoms with Gasteiger partial charge in [-0.3, -0.25) is 0 Å². The summed E-state index contributed by atoms with van der Waals surface area (Å²) < 4.78 is 48.7. The second-order valence-corrected chi connectivity index (χ2v) is 4.32. The second kappa shape index (κ2) is 5.58. The van der Waals surface area contributed by atoms with E-state index in [0.717, 1.165) is 12.1 Å². The summed E-state index contributed by atoms with van der Waals surface area (Å²) in [4.78, 5) is 0. The number of halogens is 3. The van der Waals surface area contributed by atoms with Gasteiger partial charge in [0.05, 0.1) is 5.56 Å². The lowest BCUT2D eigenvalue weighted by Gasteiger charge is -2.16. The Hall–Kier alpha value is -1.95. The molecule has 0 aliphatic rings. The van der Waals surface area contributed by atoms with E-state index in [9.17, 15) is 13.2 Å². The van der Waals surface area contributed by atoms with Crippen molar-refractivity contribution in [3.8, 4) is 5.75 Å². The first-order valence-corrected chi connectivity index (χ1v) is 6.00. The summed E-state index contributed by atoms with van der Waals surface area (Å²) in [6.07, 6.45) is -5.02. The molecular formula is C14H14F3NO2. The Morgan fingerprint density at radius 2 is 2.00 bits per heavy atom. The van der Waals surface area contributed by atoms with Crippen molar-refractivity contribution in [2.45, 2.75) is 19.2 Å². The summed E-state index contributed by atoms with van der Waals surface area (Å²) in [7, 11) is 0. The molecule has 0 amide bonds. The molecule has 1 heterocycles. The highest BCUT2D eigenvalue weighted by molar-refractivity contribution is 5.30. The largest absolute Gasteiger partial charge is 0.481 e. The highest BCUT2D eigenvalue weighted by atomic mass is 19.4. The maximum Gasteiger partial charge on any atom is 0.416 e. The second-order valence-electron chi connectivity index (χ2n) is 4.32. The van der Waals surface area contributed by atoms with Crippen LogP contribution in [0.4, 0.5) is 13.2 Å². The number of benzene rings is 1. The molecular weight excluding hydrogens is 271 g/mol. The molecule has 1 unspecified atom stereocenters. The maximum absolute atomic E-state index is 12.6. The minimum absolute atomic E-state index is 0.100. The van der Waals surface area contributed by atoms with Crippen LogP contribution in [0.1, 0.15) is 23.2 Å². The van der Waals surface area contributed by atoms with Crippen LogP contribution >= 0.6 is 0 Å². The van der Waals surface area contributed by atoms with E-state index in [1.165, 1.54) is 12.1 Å². The molecule has 2 aromatic rings. The van der Waals surface area contributed by atoms with Crippen LogP contribution in [0.2, 0.25) is 0 Å². The van der Waals surface area contributed by atoms with Crippen LogP contribution in [0.5, 0.6) is 5.75 Å². The summed E-state index contributed by atoms with van der Waals surface area (Å²) in [5.74, 6) is 1.28. The maximum atomic E-state index is 12.6. The van der Waals surface area contributed by atoms with Crippen molar-refractivity contribution in [2.24, 2.45) is 5.73 Å². The zero-order valence-electron chi connectivity index (χ0n) is 10.8. The van der Waals surface area contributed by atoms with Crippen molar-refractivity contribution in [1.29, 1.82) is 0 Å². The lowest BCUT2D eigenvalue weighted by atomic mass is 10.2. The van der Waals surface area contributed by atoms with E-state index < -0.39 is 17.8 Å². The smallest absolute Gasteiger partial charge is 0.416 e. The van der Waals surface area contributed by atoms with Crippen LogP contribution in [0.15, 0.2) is 40.8 Å². The molecule has 0 aliphatic carbocycles. The molecule has 0 fully saturated rings. The van der Waals surface area contributed by atoms with Crippen LogP contribution < -0.4 is 10.5 Å². The number of hydrogen-bond donors (Lipinski definition) is 1. The van der Waals surface area contributed by atoms with Crippen molar-refractivity contribution < 1.29 is 22.3 Å². The molecule has 0 radical (unpaired) electrons. The molecule has 2 rings (SSSR count). The number of alkyl halides is 3. The molecule has 0 spiro atoms. The summed E-state index contributed by atoms with van der Waals surface area (Å²) in [6, 6.07) is 8.11. The fourth-order valence-corrected chi connectivity index (χ4v) is 1.76. The number of furan rings is 1. The first-order chi connectivity index (χ1) is 9.40. The van der Waals surface area contributed by atoms with Gasteiger partial charge < -0.3 is 14.9 Å². The number of hydrogen-bond acceptors (Lipinski definition) is 3. The number of ether oxygens (including phenoxy) is 1. The summed E-state index contributed by atoms with van der Waals surface area (Å²) in [5.41, 5.74) is 4.82. The Morgan fingerprint density at radius 1 is 1.25 bits per heavy atom. The van der Waals surface area contributed by atoms with Crippen LogP contribution in [-0.4, -0.2) is 6.54 Å². The van der Waals surface area contributed by atoms with Gasteiger partial charge in [0.15, 0.2) is 6.10 Å². The molecule has 1 aromatic heterocycles. The van der Waals surface area contributed by atoms with Crippen molar-refractivity contribution in [1.82, 2.24) is 0 Å². The standard InChI is InChI=1S/C14H14F3NO2/c1-9-5-6-12(19-9)13(8-18)20-11-4-2-3-10(7-11)14(15,16)17/h2-7,13H,8,18H2,1H3. The van der Waals surface area contributed by atoms with E-state index in [4.69, 9.17) is 14.9 Å². The van der Waals surface area contributed by atoms with E-state index in [0.29, 0.717) is 11.5 Å². The lowest BCUT2D eigenvalue weighted by Crippen LogP contribution is -2.18. The predicted molar refractivity (Wildman–Crippen MR) is 67.3 cm³/mol. The normalized spacial score (nSPS) is 13.2. The van der Waals surface area contributed by atoms with Gasteiger partial charge in [0.2, 0.25) is 0 Å². The van der Waals surface area contributed by atoms with E-state index in [1.54, 1.807) is 19.1 Å². The average Bonchev–Trinajstić information content (AvgIpc) is 2.82. The Morgan fingerprint density at radius 3 is 2.55 bits per heavy atom. The summed E-state index contributed by atoms with van der Waals surface area (Å²) >= 11 is 0. The highest BCUT2D eigenvalue weighted by Crippen LogP contribution is 2.32. The molecule has 3 nitrogen and oxygen atoms in total. The lowest BCUT2D eigenvalue weighted by molar-refractivity contribution is -0.137. The van der Waals surface area contributed by atoms with Gasteiger partial charge >= 0.3 is 6.18 Å². The molecule has 0 bridgehead atoms. The average molecular weight is 285 g/mol. The van der Waals surface area contributed by atoms with E-state index in [1.807, 2.05) is 0 Å². The Balaban J connectivity index is 2.20. The molecule has 6 heteroatoms. The third-order valence-electron chi connectivity index (χ3n) is 2.73. The number of nitrogens with two attached hydrogens (primary N) is 1. The summed E-state index contributed by atoms with van der Waals surface area (Å²) in [5, 5.41) is 0. The quantitative estimate of drug-likeness (QED) is 0.932. The van der Waals surface area contributed by atoms with Crippen molar-refractivity contribution in [2.75, 3.05) is 6.54 Å². The van der Waals surface area contributed by atoms with Crippen molar-refractivity contribution in [3.05, 3.63) is 53.5 Å². The van der Waals surface area contributed by atoms with E-state index >= 15 is 0 Å². The minimum atomic E-state index is -4.40. The number of rotatable bonds is 4. The molecule has 0 saturated heterocycles. The van der Waals surface area contributed by atoms with Gasteiger partial charge in [-0.15, -0.1) is 0 Å². The van der Waals surface area contributed by atoms with Gasteiger partial charge in [0.1, 0.15) is 17.3 Å². The van der Waals surface area contributed by atoms with Crippen LogP contribution in [0.3, 0.4) is 0 Å². The van der Waals surface area contributed by atoms with Crippen LogP contribution in [-0.2, 0) is 6.18 Å². The van der Waals surface area contributed by atoms with Crippen molar-refractivity contribution in [3.63, 3.8) is 0 Å². The van der Waals surface area contributed by atoms with E-state index in [2.05, 4.69) is 0 Å². The SMILES string of the molecule is Cc1ccc(C(CN)Oc2cccc(C(F)(F)F)c2)o1. The monoisotopic (exact) mass is 285 g/mol. The fraction of sp³-hybridized carbons (Fsp3) is 0.286. The Bertz CT molecular complexity index is 578. The van der Waals surface area contributed by atoms with Gasteiger partial charge in [-0.1, -0.05) is 6.07 Å².